The summed E-state index contributed by atoms with van der Waals surface area (Å²) in [7, 11) is -3.64. The summed E-state index contributed by atoms with van der Waals surface area (Å²) in [5.74, 6) is -0.243. The Morgan fingerprint density at radius 2 is 1.85 bits per heavy atom. The van der Waals surface area contributed by atoms with Crippen LogP contribution in [0.5, 0.6) is 0 Å². The Morgan fingerprint density at radius 3 is 2.50 bits per heavy atom. The van der Waals surface area contributed by atoms with Crippen molar-refractivity contribution in [2.45, 2.75) is 24.2 Å². The molecule has 1 aliphatic heterocycles. The maximum Gasteiger partial charge on any atom is 0.242 e. The number of hydrogen-bond donors (Lipinski definition) is 2. The Labute approximate surface area is 153 Å². The first-order valence-corrected chi connectivity index (χ1v) is 10.1. The van der Waals surface area contributed by atoms with Gasteiger partial charge in [-0.25, -0.2) is 13.1 Å². The van der Waals surface area contributed by atoms with E-state index in [0.717, 1.165) is 18.8 Å². The zero-order valence-electron chi connectivity index (χ0n) is 14.4. The molecule has 0 bridgehead atoms. The predicted molar refractivity (Wildman–Crippen MR) is 101 cm³/mol. The highest BCUT2D eigenvalue weighted by Crippen LogP contribution is 2.22. The van der Waals surface area contributed by atoms with Crippen molar-refractivity contribution >= 4 is 27.3 Å². The quantitative estimate of drug-likeness (QED) is 0.773. The van der Waals surface area contributed by atoms with Gasteiger partial charge in [0.25, 0.3) is 0 Å². The molecule has 138 valence electrons. The fourth-order valence-corrected chi connectivity index (χ4v) is 3.84. The molecule has 0 unspecified atom stereocenters. The number of nitrogens with zero attached hydrogens (tertiary/aromatic N) is 2. The molecule has 1 aromatic heterocycles. The summed E-state index contributed by atoms with van der Waals surface area (Å²) in [5, 5.41) is 2.78. The molecule has 0 saturated carbocycles. The van der Waals surface area contributed by atoms with E-state index in [-0.39, 0.29) is 23.8 Å². The third kappa shape index (κ3) is 4.80. The highest BCUT2D eigenvalue weighted by molar-refractivity contribution is 7.89. The number of pyridine rings is 1. The molecule has 0 radical (unpaired) electrons. The summed E-state index contributed by atoms with van der Waals surface area (Å²) in [6.07, 6.45) is 5.25. The molecule has 0 aliphatic carbocycles. The highest BCUT2D eigenvalue weighted by Gasteiger charge is 2.14. The molecule has 2 heterocycles. The van der Waals surface area contributed by atoms with Crippen LogP contribution in [-0.4, -0.2) is 38.9 Å². The fraction of sp³-hybridized carbons (Fsp3) is 0.333. The lowest BCUT2D eigenvalue weighted by Crippen LogP contribution is -2.28. The van der Waals surface area contributed by atoms with E-state index in [1.165, 1.54) is 31.3 Å². The van der Waals surface area contributed by atoms with Crippen molar-refractivity contribution in [3.05, 3.63) is 48.8 Å². The number of carbonyl (C=O) groups is 1. The third-order valence-corrected chi connectivity index (χ3v) is 5.66. The van der Waals surface area contributed by atoms with E-state index in [2.05, 4.69) is 19.9 Å². The van der Waals surface area contributed by atoms with Crippen LogP contribution in [0.4, 0.5) is 11.4 Å². The van der Waals surface area contributed by atoms with Crippen molar-refractivity contribution in [2.75, 3.05) is 29.9 Å². The molecule has 8 heteroatoms. The topological polar surface area (TPSA) is 91.4 Å². The first kappa shape index (κ1) is 18.3. The number of hydrogen-bond acceptors (Lipinski definition) is 5. The van der Waals surface area contributed by atoms with E-state index in [1.54, 1.807) is 6.07 Å². The Hall–Kier alpha value is -2.45. The molecule has 26 heavy (non-hydrogen) atoms. The normalized spacial score (nSPS) is 14.4. The summed E-state index contributed by atoms with van der Waals surface area (Å²) >= 11 is 0. The van der Waals surface area contributed by atoms with Gasteiger partial charge in [-0.1, -0.05) is 0 Å². The van der Waals surface area contributed by atoms with Crippen LogP contribution in [0, 0.1) is 0 Å². The van der Waals surface area contributed by atoms with Crippen LogP contribution in [0.2, 0.25) is 0 Å². The van der Waals surface area contributed by atoms with Gasteiger partial charge in [0.15, 0.2) is 0 Å². The van der Waals surface area contributed by atoms with Crippen LogP contribution in [0.3, 0.4) is 0 Å². The first-order chi connectivity index (χ1) is 12.5. The van der Waals surface area contributed by atoms with Crippen LogP contribution in [0.1, 0.15) is 19.3 Å². The van der Waals surface area contributed by atoms with Gasteiger partial charge < -0.3 is 10.2 Å². The second-order valence-corrected chi connectivity index (χ2v) is 7.89. The zero-order valence-corrected chi connectivity index (χ0v) is 15.2. The third-order valence-electron chi connectivity index (χ3n) is 4.21. The van der Waals surface area contributed by atoms with E-state index >= 15 is 0 Å². The van der Waals surface area contributed by atoms with Crippen molar-refractivity contribution in [3.8, 4) is 0 Å². The second kappa shape index (κ2) is 8.29. The average molecular weight is 374 g/mol. The van der Waals surface area contributed by atoms with Gasteiger partial charge in [0, 0.05) is 49.8 Å². The summed E-state index contributed by atoms with van der Waals surface area (Å²) in [6.45, 7) is 2.17. The van der Waals surface area contributed by atoms with Crippen molar-refractivity contribution < 1.29 is 13.2 Å². The molecule has 1 amide bonds. The number of carbonyl (C=O) groups excluding carboxylic acids is 1. The lowest BCUT2D eigenvalue weighted by molar-refractivity contribution is -0.116. The summed E-state index contributed by atoms with van der Waals surface area (Å²) in [5.41, 5.74) is 1.86. The number of sulfonamides is 1. The molecule has 1 fully saturated rings. The number of benzene rings is 1. The van der Waals surface area contributed by atoms with Crippen molar-refractivity contribution in [2.24, 2.45) is 0 Å². The SMILES string of the molecule is O=C(CCNS(=O)(=O)c1cccnc1)Nc1ccc(N2CCCC2)cc1. The van der Waals surface area contributed by atoms with Crippen molar-refractivity contribution in [1.29, 1.82) is 0 Å². The molecule has 2 aromatic rings. The zero-order chi connectivity index (χ0) is 18.4. The minimum atomic E-state index is -3.64. The number of amides is 1. The Morgan fingerprint density at radius 1 is 1.12 bits per heavy atom. The molecule has 1 saturated heterocycles. The fourth-order valence-electron chi connectivity index (χ4n) is 2.84. The van der Waals surface area contributed by atoms with Crippen LogP contribution in [-0.2, 0) is 14.8 Å². The van der Waals surface area contributed by atoms with Crippen LogP contribution in [0.15, 0.2) is 53.7 Å². The molecular weight excluding hydrogens is 352 g/mol. The van der Waals surface area contributed by atoms with Gasteiger partial charge in [0.2, 0.25) is 15.9 Å². The molecule has 1 aromatic carbocycles. The largest absolute Gasteiger partial charge is 0.372 e. The molecule has 2 N–H and O–H groups in total. The average Bonchev–Trinajstić information content (AvgIpc) is 3.18. The maximum absolute atomic E-state index is 12.0. The molecular formula is C18H22N4O3S. The minimum absolute atomic E-state index is 0.0227. The van der Waals surface area contributed by atoms with E-state index in [9.17, 15) is 13.2 Å². The van der Waals surface area contributed by atoms with Crippen molar-refractivity contribution in [1.82, 2.24) is 9.71 Å². The van der Waals surface area contributed by atoms with Crippen LogP contribution in [0.25, 0.3) is 0 Å². The lowest BCUT2D eigenvalue weighted by atomic mass is 10.2. The first-order valence-electron chi connectivity index (χ1n) is 8.59. The predicted octanol–water partition coefficient (Wildman–Crippen LogP) is 1.99. The smallest absolute Gasteiger partial charge is 0.242 e. The molecule has 0 atom stereocenters. The van der Waals surface area contributed by atoms with Crippen LogP contribution < -0.4 is 14.9 Å². The number of nitrogens with one attached hydrogen (secondary N) is 2. The standard InChI is InChI=1S/C18H22N4O3S/c23-18(9-11-20-26(24,25)17-4-3-10-19-14-17)21-15-5-7-16(8-6-15)22-12-1-2-13-22/h3-8,10,14,20H,1-2,9,11-13H2,(H,21,23). The van der Waals surface area contributed by atoms with Gasteiger partial charge in [-0.3, -0.25) is 9.78 Å². The molecule has 0 spiro atoms. The van der Waals surface area contributed by atoms with E-state index < -0.39 is 10.0 Å². The van der Waals surface area contributed by atoms with E-state index in [0.29, 0.717) is 5.69 Å². The van der Waals surface area contributed by atoms with E-state index in [4.69, 9.17) is 0 Å². The second-order valence-electron chi connectivity index (χ2n) is 6.13. The Bertz CT molecular complexity index is 832. The van der Waals surface area contributed by atoms with Gasteiger partial charge in [0.1, 0.15) is 4.90 Å². The highest BCUT2D eigenvalue weighted by atomic mass is 32.2. The monoisotopic (exact) mass is 374 g/mol. The van der Waals surface area contributed by atoms with Crippen molar-refractivity contribution in [3.63, 3.8) is 0 Å². The number of rotatable bonds is 7. The van der Waals surface area contributed by atoms with Gasteiger partial charge in [0.05, 0.1) is 0 Å². The van der Waals surface area contributed by atoms with E-state index in [1.807, 2.05) is 24.3 Å². The Balaban J connectivity index is 1.47. The van der Waals surface area contributed by atoms with Gasteiger partial charge in [-0.05, 0) is 49.2 Å². The van der Waals surface area contributed by atoms with Gasteiger partial charge in [-0.2, -0.15) is 0 Å². The Kier molecular flexibility index (Phi) is 5.85. The van der Waals surface area contributed by atoms with Gasteiger partial charge >= 0.3 is 0 Å². The molecule has 3 rings (SSSR count). The molecule has 1 aliphatic rings. The lowest BCUT2D eigenvalue weighted by Gasteiger charge is -2.17. The number of anilines is 2. The summed E-state index contributed by atoms with van der Waals surface area (Å²) < 4.78 is 26.5. The maximum atomic E-state index is 12.0. The molecule has 7 nitrogen and oxygen atoms in total. The number of aromatic nitrogens is 1. The minimum Gasteiger partial charge on any atom is -0.372 e. The summed E-state index contributed by atoms with van der Waals surface area (Å²) in [4.78, 5) is 18.2. The van der Waals surface area contributed by atoms with Crippen LogP contribution >= 0.6 is 0 Å². The summed E-state index contributed by atoms with van der Waals surface area (Å²) in [6, 6.07) is 10.7. The van der Waals surface area contributed by atoms with Gasteiger partial charge in [-0.15, -0.1) is 0 Å².